The Kier molecular flexibility index (Phi) is 6.16. The molecule has 0 spiro atoms. The van der Waals surface area contributed by atoms with Crippen LogP contribution in [0.5, 0.6) is 0 Å². The van der Waals surface area contributed by atoms with E-state index in [4.69, 9.17) is 0 Å². The van der Waals surface area contributed by atoms with Gasteiger partial charge >= 0.3 is 6.03 Å². The largest absolute Gasteiger partial charge is 0.355 e. The van der Waals surface area contributed by atoms with Crippen LogP contribution in [0.15, 0.2) is 36.5 Å². The van der Waals surface area contributed by atoms with E-state index in [0.29, 0.717) is 5.69 Å². The maximum absolute atomic E-state index is 13.6. The molecule has 2 aromatic rings. The topological polar surface area (TPSA) is 75.2 Å². The van der Waals surface area contributed by atoms with Gasteiger partial charge in [-0.05, 0) is 50.1 Å². The lowest BCUT2D eigenvalue weighted by molar-refractivity contribution is 0.0959. The van der Waals surface area contributed by atoms with Gasteiger partial charge in [-0.1, -0.05) is 0 Å². The Morgan fingerprint density at radius 1 is 1.28 bits per heavy atom. The molecule has 6 nitrogen and oxygen atoms in total. The van der Waals surface area contributed by atoms with Gasteiger partial charge in [-0.3, -0.25) is 4.79 Å². The Bertz CT molecular complexity index is 757. The number of urea groups is 1. The fraction of sp³-hybridized carbons (Fsp3) is 0.333. The maximum atomic E-state index is 13.6. The molecule has 1 atom stereocenters. The van der Waals surface area contributed by atoms with Crippen molar-refractivity contribution in [1.82, 2.24) is 15.2 Å². The quantitative estimate of drug-likeness (QED) is 0.752. The lowest BCUT2D eigenvalue weighted by Crippen LogP contribution is -2.36. The van der Waals surface area contributed by atoms with E-state index in [1.807, 2.05) is 36.9 Å². The number of aryl methyl sites for hydroxylation is 2. The first-order valence-corrected chi connectivity index (χ1v) is 8.10. The van der Waals surface area contributed by atoms with Crippen LogP contribution in [0.4, 0.5) is 14.9 Å². The second kappa shape index (κ2) is 8.32. The molecule has 0 radical (unpaired) electrons. The Morgan fingerprint density at radius 3 is 2.68 bits per heavy atom. The summed E-state index contributed by atoms with van der Waals surface area (Å²) in [5, 5.41) is 7.82. The summed E-state index contributed by atoms with van der Waals surface area (Å²) >= 11 is 0. The van der Waals surface area contributed by atoms with Crippen LogP contribution in [0.25, 0.3) is 0 Å². The highest BCUT2D eigenvalue weighted by Crippen LogP contribution is 2.15. The minimum absolute atomic E-state index is 0.0336. The Balaban J connectivity index is 1.89. The minimum atomic E-state index is -0.638. The van der Waals surface area contributed by atoms with Crippen LogP contribution >= 0.6 is 0 Å². The molecule has 0 bridgehead atoms. The van der Waals surface area contributed by atoms with Gasteiger partial charge in [0, 0.05) is 37.7 Å². The molecule has 3 N–H and O–H groups in total. The molecule has 7 heteroatoms. The third-order valence-electron chi connectivity index (χ3n) is 3.96. The van der Waals surface area contributed by atoms with Gasteiger partial charge in [0.1, 0.15) is 5.82 Å². The van der Waals surface area contributed by atoms with Crippen LogP contribution in [-0.4, -0.2) is 29.6 Å². The van der Waals surface area contributed by atoms with Gasteiger partial charge in [0.05, 0.1) is 5.56 Å². The van der Waals surface area contributed by atoms with Gasteiger partial charge in [0.25, 0.3) is 5.91 Å². The highest BCUT2D eigenvalue weighted by Gasteiger charge is 2.13. The van der Waals surface area contributed by atoms with E-state index in [0.717, 1.165) is 18.9 Å². The number of carbonyl (C=O) groups excluding carboxylic acids is 2. The molecule has 1 aromatic carbocycles. The summed E-state index contributed by atoms with van der Waals surface area (Å²) < 4.78 is 15.7. The molecule has 0 unspecified atom stereocenters. The Hall–Kier alpha value is -2.83. The molecule has 1 aromatic heterocycles. The monoisotopic (exact) mass is 346 g/mol. The minimum Gasteiger partial charge on any atom is -0.355 e. The molecular formula is C18H23FN4O2. The van der Waals surface area contributed by atoms with E-state index in [1.165, 1.54) is 24.9 Å². The fourth-order valence-corrected chi connectivity index (χ4v) is 2.50. The maximum Gasteiger partial charge on any atom is 0.319 e. The lowest BCUT2D eigenvalue weighted by atomic mass is 10.1. The number of amides is 3. The van der Waals surface area contributed by atoms with E-state index in [9.17, 15) is 14.0 Å². The van der Waals surface area contributed by atoms with Gasteiger partial charge in [0.15, 0.2) is 0 Å². The van der Waals surface area contributed by atoms with Crippen LogP contribution in [0.2, 0.25) is 0 Å². The third kappa shape index (κ3) is 5.07. The SMILES string of the molecule is CNC(=O)c1cc(NC(=O)N[C@@H](C)CCc2cccn2C)ccc1F. The summed E-state index contributed by atoms with van der Waals surface area (Å²) in [4.78, 5) is 23.7. The molecule has 3 amide bonds. The third-order valence-corrected chi connectivity index (χ3v) is 3.96. The molecule has 0 saturated carbocycles. The van der Waals surface area contributed by atoms with Crippen molar-refractivity contribution >= 4 is 17.6 Å². The summed E-state index contributed by atoms with van der Waals surface area (Å²) in [5.41, 5.74) is 1.44. The van der Waals surface area contributed by atoms with Crippen molar-refractivity contribution in [1.29, 1.82) is 0 Å². The zero-order valence-corrected chi connectivity index (χ0v) is 14.6. The number of halogens is 1. The number of hydrogen-bond acceptors (Lipinski definition) is 2. The van der Waals surface area contributed by atoms with Crippen LogP contribution in [0.3, 0.4) is 0 Å². The zero-order chi connectivity index (χ0) is 18.4. The van der Waals surface area contributed by atoms with Crippen LogP contribution in [0.1, 0.15) is 29.4 Å². The average Bonchev–Trinajstić information content (AvgIpc) is 2.99. The molecule has 0 saturated heterocycles. The number of nitrogens with one attached hydrogen (secondary N) is 3. The van der Waals surface area contributed by atoms with Gasteiger partial charge < -0.3 is 20.5 Å². The van der Waals surface area contributed by atoms with E-state index in [1.54, 1.807) is 0 Å². The zero-order valence-electron chi connectivity index (χ0n) is 14.6. The van der Waals surface area contributed by atoms with E-state index >= 15 is 0 Å². The van der Waals surface area contributed by atoms with E-state index < -0.39 is 17.8 Å². The Labute approximate surface area is 146 Å². The molecule has 0 aliphatic carbocycles. The van der Waals surface area contributed by atoms with Crippen molar-refractivity contribution < 1.29 is 14.0 Å². The van der Waals surface area contributed by atoms with Crippen molar-refractivity contribution in [3.63, 3.8) is 0 Å². The van der Waals surface area contributed by atoms with E-state index in [2.05, 4.69) is 16.0 Å². The number of anilines is 1. The van der Waals surface area contributed by atoms with Crippen molar-refractivity contribution in [3.05, 3.63) is 53.6 Å². The molecule has 0 fully saturated rings. The van der Waals surface area contributed by atoms with Crippen molar-refractivity contribution in [3.8, 4) is 0 Å². The Morgan fingerprint density at radius 2 is 2.04 bits per heavy atom. The molecule has 134 valence electrons. The smallest absolute Gasteiger partial charge is 0.319 e. The predicted octanol–water partition coefficient (Wildman–Crippen LogP) is 2.67. The number of hydrogen-bond donors (Lipinski definition) is 3. The first kappa shape index (κ1) is 18.5. The standard InChI is InChI=1S/C18H23FN4O2/c1-12(6-8-14-5-4-10-23(14)3)21-18(25)22-13-7-9-16(19)15(11-13)17(24)20-2/h4-5,7,9-12H,6,8H2,1-3H3,(H,20,24)(H2,21,22,25)/t12-/m0/s1. The second-order valence-corrected chi connectivity index (χ2v) is 5.92. The molecular weight excluding hydrogens is 323 g/mol. The number of rotatable bonds is 6. The second-order valence-electron chi connectivity index (χ2n) is 5.92. The molecule has 1 heterocycles. The van der Waals surface area contributed by atoms with Gasteiger partial charge in [0.2, 0.25) is 0 Å². The summed E-state index contributed by atoms with van der Waals surface area (Å²) in [6.07, 6.45) is 3.62. The fourth-order valence-electron chi connectivity index (χ4n) is 2.50. The van der Waals surface area contributed by atoms with Crippen molar-refractivity contribution in [2.24, 2.45) is 7.05 Å². The highest BCUT2D eigenvalue weighted by molar-refractivity contribution is 5.97. The van der Waals surface area contributed by atoms with Gasteiger partial charge in [-0.15, -0.1) is 0 Å². The van der Waals surface area contributed by atoms with Crippen LogP contribution in [-0.2, 0) is 13.5 Å². The normalized spacial score (nSPS) is 11.7. The first-order valence-electron chi connectivity index (χ1n) is 8.10. The summed E-state index contributed by atoms with van der Waals surface area (Å²) in [5.74, 6) is -1.18. The molecule has 2 rings (SSSR count). The summed E-state index contributed by atoms with van der Waals surface area (Å²) in [6.45, 7) is 1.92. The van der Waals surface area contributed by atoms with Gasteiger partial charge in [-0.25, -0.2) is 9.18 Å². The highest BCUT2D eigenvalue weighted by atomic mass is 19.1. The van der Waals surface area contributed by atoms with Crippen molar-refractivity contribution in [2.45, 2.75) is 25.8 Å². The van der Waals surface area contributed by atoms with Crippen LogP contribution in [0, 0.1) is 5.82 Å². The van der Waals surface area contributed by atoms with E-state index in [-0.39, 0.29) is 11.6 Å². The summed E-state index contributed by atoms with van der Waals surface area (Å²) in [6, 6.07) is 7.48. The number of aromatic nitrogens is 1. The van der Waals surface area contributed by atoms with Crippen molar-refractivity contribution in [2.75, 3.05) is 12.4 Å². The number of benzene rings is 1. The molecule has 0 aliphatic rings. The summed E-state index contributed by atoms with van der Waals surface area (Å²) in [7, 11) is 3.40. The molecule has 0 aliphatic heterocycles. The average molecular weight is 346 g/mol. The first-order chi connectivity index (χ1) is 11.9. The van der Waals surface area contributed by atoms with Crippen LogP contribution < -0.4 is 16.0 Å². The van der Waals surface area contributed by atoms with Gasteiger partial charge in [-0.2, -0.15) is 0 Å². The lowest BCUT2D eigenvalue weighted by Gasteiger charge is -2.15. The number of carbonyl (C=O) groups is 2. The number of nitrogens with zero attached hydrogens (tertiary/aromatic N) is 1. The predicted molar refractivity (Wildman–Crippen MR) is 95.1 cm³/mol. The molecule has 25 heavy (non-hydrogen) atoms.